The Labute approximate surface area is 159 Å². The van der Waals surface area contributed by atoms with Gasteiger partial charge in [0.25, 0.3) is 0 Å². The van der Waals surface area contributed by atoms with Crippen molar-refractivity contribution in [3.8, 4) is 0 Å². The molecule has 9 heteroatoms. The topological polar surface area (TPSA) is 36.0 Å². The molecule has 4 heterocycles. The summed E-state index contributed by atoms with van der Waals surface area (Å²) in [6, 6.07) is 3.07. The summed E-state index contributed by atoms with van der Waals surface area (Å²) in [5, 5.41) is 0. The average molecular weight is 466 g/mol. The summed E-state index contributed by atoms with van der Waals surface area (Å²) < 4.78 is 20.7. The minimum atomic E-state index is -0.491. The molecule has 0 atom stereocenters. The van der Waals surface area contributed by atoms with Crippen LogP contribution in [0.5, 0.6) is 0 Å². The number of methoxy groups -OCH3 is 1. The van der Waals surface area contributed by atoms with Crippen LogP contribution >= 0.6 is 15.9 Å². The van der Waals surface area contributed by atoms with Gasteiger partial charge in [0.05, 0.1) is 38.2 Å². The highest BCUT2D eigenvalue weighted by Gasteiger charge is 2.49. The van der Waals surface area contributed by atoms with Crippen molar-refractivity contribution in [3.05, 3.63) is 33.5 Å². The molecule has 1 aromatic carbocycles. The number of carbonyl (C=O) groups excluding carboxylic acids is 1. The third-order valence-electron chi connectivity index (χ3n) is 4.76. The Bertz CT molecular complexity index is 638. The first-order valence-electron chi connectivity index (χ1n) is 7.56. The second-order valence-electron chi connectivity index (χ2n) is 6.77. The molecule has 1 aromatic rings. The van der Waals surface area contributed by atoms with Crippen LogP contribution in [0.15, 0.2) is 16.6 Å². The van der Waals surface area contributed by atoms with Gasteiger partial charge in [-0.05, 0) is 12.1 Å². The van der Waals surface area contributed by atoms with Gasteiger partial charge in [-0.3, -0.25) is 4.48 Å². The Morgan fingerprint density at radius 1 is 1.21 bits per heavy atom. The van der Waals surface area contributed by atoms with Crippen molar-refractivity contribution in [1.82, 2.24) is 14.7 Å². The molecule has 4 aliphatic heterocycles. The predicted molar refractivity (Wildman–Crippen MR) is 84.1 cm³/mol. The molecule has 4 aliphatic rings. The van der Waals surface area contributed by atoms with E-state index in [4.69, 9.17) is 4.74 Å². The van der Waals surface area contributed by atoms with Crippen molar-refractivity contribution in [1.29, 1.82) is 0 Å². The summed E-state index contributed by atoms with van der Waals surface area (Å²) in [5.74, 6) is -0.844. The second kappa shape index (κ2) is 6.62. The predicted octanol–water partition coefficient (Wildman–Crippen LogP) is -1.61. The van der Waals surface area contributed by atoms with Gasteiger partial charge in [0.15, 0.2) is 0 Å². The van der Waals surface area contributed by atoms with E-state index < -0.39 is 5.97 Å². The highest BCUT2D eigenvalue weighted by Crippen LogP contribution is 2.33. The van der Waals surface area contributed by atoms with Gasteiger partial charge in [-0.25, -0.2) is 23.9 Å². The van der Waals surface area contributed by atoms with Crippen LogP contribution in [0.4, 0.5) is 4.39 Å². The molecule has 4 fully saturated rings. The van der Waals surface area contributed by atoms with Crippen molar-refractivity contribution in [2.45, 2.75) is 6.54 Å². The van der Waals surface area contributed by atoms with Crippen molar-refractivity contribution in [2.75, 3.05) is 47.1 Å². The highest BCUT2D eigenvalue weighted by atomic mass is 79.9. The number of esters is 1. The Morgan fingerprint density at radius 3 is 2.25 bits per heavy atom. The minimum Gasteiger partial charge on any atom is -1.00 e. The molecule has 0 aromatic heterocycles. The lowest BCUT2D eigenvalue weighted by molar-refractivity contribution is -0.991. The molecule has 4 bridgehead atoms. The Morgan fingerprint density at radius 2 is 1.75 bits per heavy atom. The molecular weight excluding hydrogens is 447 g/mol. The summed E-state index contributed by atoms with van der Waals surface area (Å²) in [6.45, 7) is 6.10. The molecule has 0 unspecified atom stereocenters. The molecule has 0 amide bonds. The molecule has 0 saturated carbocycles. The summed E-state index contributed by atoms with van der Waals surface area (Å²) >= 11 is 3.26. The first-order chi connectivity index (χ1) is 11.0. The fraction of sp³-hybridized carbons (Fsp3) is 0.533. The number of benzene rings is 1. The summed E-state index contributed by atoms with van der Waals surface area (Å²) in [7, 11) is 1.33. The van der Waals surface area contributed by atoms with Gasteiger partial charge in [0.2, 0.25) is 0 Å². The molecule has 4 saturated heterocycles. The Hall–Kier alpha value is -0.580. The van der Waals surface area contributed by atoms with E-state index in [0.717, 1.165) is 44.5 Å². The summed E-state index contributed by atoms with van der Waals surface area (Å²) in [4.78, 5) is 19.2. The number of rotatable bonds is 3. The van der Waals surface area contributed by atoms with Crippen molar-refractivity contribution < 1.29 is 35.4 Å². The van der Waals surface area contributed by atoms with E-state index >= 15 is 0 Å². The quantitative estimate of drug-likeness (QED) is 0.396. The highest BCUT2D eigenvalue weighted by molar-refractivity contribution is 9.10. The standard InChI is InChI=1S/C15H19BrFN4O2.BrH/c1-23-15(22)12-2-11(16)3-14(17)13(12)4-21-8-18-5-19(9-21)7-20(6-18)10-21;/h2-3H,4-10H2,1H3;1H/q+1;/p-1. The fourth-order valence-corrected chi connectivity index (χ4v) is 4.63. The van der Waals surface area contributed by atoms with Gasteiger partial charge in [0, 0.05) is 4.47 Å². The SMILES string of the molecule is COC(=O)c1cc(Br)cc(F)c1C[N+]12CN3CN(CN(C3)C1)C2.[Br-]. The van der Waals surface area contributed by atoms with E-state index in [9.17, 15) is 9.18 Å². The molecule has 6 nitrogen and oxygen atoms in total. The lowest BCUT2D eigenvalue weighted by atomic mass is 10.0. The van der Waals surface area contributed by atoms with Crippen molar-refractivity contribution in [3.63, 3.8) is 0 Å². The van der Waals surface area contributed by atoms with Gasteiger partial charge >= 0.3 is 5.97 Å². The normalized spacial score (nSPS) is 33.2. The Balaban J connectivity index is 0.00000169. The maximum absolute atomic E-state index is 14.6. The van der Waals surface area contributed by atoms with Crippen LogP contribution in [0.2, 0.25) is 0 Å². The number of hydrogen-bond acceptors (Lipinski definition) is 5. The molecule has 0 radical (unpaired) electrons. The number of ether oxygens (including phenoxy) is 1. The van der Waals surface area contributed by atoms with E-state index in [1.54, 1.807) is 6.07 Å². The lowest BCUT2D eigenvalue weighted by Gasteiger charge is -2.60. The first kappa shape index (κ1) is 18.2. The average Bonchev–Trinajstić information content (AvgIpc) is 2.47. The van der Waals surface area contributed by atoms with Crippen LogP contribution in [0, 0.1) is 5.82 Å². The maximum atomic E-state index is 14.6. The van der Waals surface area contributed by atoms with E-state index in [1.807, 2.05) is 0 Å². The van der Waals surface area contributed by atoms with Crippen LogP contribution < -0.4 is 17.0 Å². The smallest absolute Gasteiger partial charge is 0.338 e. The fourth-order valence-electron chi connectivity index (χ4n) is 4.20. The number of carbonyl (C=O) groups is 1. The monoisotopic (exact) mass is 464 g/mol. The van der Waals surface area contributed by atoms with E-state index in [2.05, 4.69) is 30.6 Å². The zero-order valence-corrected chi connectivity index (χ0v) is 16.5. The second-order valence-corrected chi connectivity index (χ2v) is 7.68. The van der Waals surface area contributed by atoms with Gasteiger partial charge in [-0.1, -0.05) is 15.9 Å². The third kappa shape index (κ3) is 3.13. The number of hydrogen-bond donors (Lipinski definition) is 0. The maximum Gasteiger partial charge on any atom is 0.338 e. The Kier molecular flexibility index (Phi) is 5.03. The van der Waals surface area contributed by atoms with Crippen molar-refractivity contribution in [2.24, 2.45) is 0 Å². The van der Waals surface area contributed by atoms with Crippen LogP contribution in [0.1, 0.15) is 15.9 Å². The summed E-state index contributed by atoms with van der Waals surface area (Å²) in [6.07, 6.45) is 0. The zero-order chi connectivity index (χ0) is 16.2. The lowest BCUT2D eigenvalue weighted by Crippen LogP contribution is -3.00. The van der Waals surface area contributed by atoms with Gasteiger partial charge in [0.1, 0.15) is 32.4 Å². The van der Waals surface area contributed by atoms with Gasteiger partial charge in [-0.15, -0.1) is 0 Å². The molecule has 0 spiro atoms. The van der Waals surface area contributed by atoms with E-state index in [1.165, 1.54) is 13.2 Å². The molecule has 132 valence electrons. The number of nitrogens with zero attached hydrogens (tertiary/aromatic N) is 4. The van der Waals surface area contributed by atoms with Crippen molar-refractivity contribution >= 4 is 21.9 Å². The summed E-state index contributed by atoms with van der Waals surface area (Å²) in [5.41, 5.74) is 0.763. The molecule has 0 N–H and O–H groups in total. The van der Waals surface area contributed by atoms with Gasteiger partial charge in [-0.2, -0.15) is 0 Å². The minimum absolute atomic E-state index is 0. The molecular formula is C15H19Br2FN4O2. The largest absolute Gasteiger partial charge is 1.00 e. The van der Waals surface area contributed by atoms with Crippen LogP contribution in [-0.2, 0) is 11.3 Å². The number of quaternary nitrogens is 1. The molecule has 24 heavy (non-hydrogen) atoms. The molecule has 5 rings (SSSR count). The van der Waals surface area contributed by atoms with Crippen LogP contribution in [-0.4, -0.2) is 72.3 Å². The third-order valence-corrected chi connectivity index (χ3v) is 5.22. The molecule has 0 aliphatic carbocycles. The van der Waals surface area contributed by atoms with Gasteiger partial charge < -0.3 is 21.7 Å². The number of halogens is 3. The van der Waals surface area contributed by atoms with E-state index in [0.29, 0.717) is 22.1 Å². The first-order valence-corrected chi connectivity index (χ1v) is 8.36. The van der Waals surface area contributed by atoms with E-state index in [-0.39, 0.29) is 22.8 Å². The zero-order valence-electron chi connectivity index (χ0n) is 13.3. The van der Waals surface area contributed by atoms with Crippen LogP contribution in [0.25, 0.3) is 0 Å². The van der Waals surface area contributed by atoms with Crippen LogP contribution in [0.3, 0.4) is 0 Å².